The summed E-state index contributed by atoms with van der Waals surface area (Å²) in [5.74, 6) is 0.744. The van der Waals surface area contributed by atoms with E-state index >= 15 is 0 Å². The molecule has 1 aliphatic rings. The molecule has 1 N–H and O–H groups in total. The smallest absolute Gasteiger partial charge is 0.407 e. The van der Waals surface area contributed by atoms with E-state index in [0.29, 0.717) is 0 Å². The van der Waals surface area contributed by atoms with Gasteiger partial charge in [0.2, 0.25) is 0 Å². The van der Waals surface area contributed by atoms with Gasteiger partial charge in [-0.3, -0.25) is 0 Å². The average molecular weight is 401 g/mol. The van der Waals surface area contributed by atoms with Gasteiger partial charge in [-0.25, -0.2) is 9.78 Å². The summed E-state index contributed by atoms with van der Waals surface area (Å²) in [4.78, 5) is 16.1. The normalized spacial score (nSPS) is 20.0. The van der Waals surface area contributed by atoms with Gasteiger partial charge in [0.05, 0.1) is 0 Å². The molecule has 1 aliphatic carbocycles. The largest absolute Gasteiger partial charge is 0.488 e. The summed E-state index contributed by atoms with van der Waals surface area (Å²) in [5, 5.41) is 2.91. The number of hydrogen-bond donors (Lipinski definition) is 1. The van der Waals surface area contributed by atoms with Crippen LogP contribution in [0.2, 0.25) is 0 Å². The Labute approximate surface area is 153 Å². The third kappa shape index (κ3) is 7.07. The molecule has 0 spiro atoms. The van der Waals surface area contributed by atoms with Crippen LogP contribution in [0, 0.1) is 6.92 Å². The van der Waals surface area contributed by atoms with Gasteiger partial charge in [0, 0.05) is 18.2 Å². The number of carbonyl (C=O) groups excluding carboxylic acids is 1. The SMILES string of the molecule is CC.Cc1ccc(OC2CCC(NC(=O)OC(C)(C)C)C2)c(Br)n1. The molecule has 0 aromatic carbocycles. The lowest BCUT2D eigenvalue weighted by atomic mass is 10.2. The Kier molecular flexibility index (Phi) is 8.00. The predicted octanol–water partition coefficient (Wildman–Crippen LogP) is 5.00. The van der Waals surface area contributed by atoms with Crippen LogP contribution < -0.4 is 10.1 Å². The van der Waals surface area contributed by atoms with Crippen molar-refractivity contribution in [2.45, 2.75) is 78.6 Å². The van der Waals surface area contributed by atoms with Crippen LogP contribution >= 0.6 is 15.9 Å². The average Bonchev–Trinajstić information content (AvgIpc) is 2.89. The third-order valence-corrected chi connectivity index (χ3v) is 3.92. The highest BCUT2D eigenvalue weighted by molar-refractivity contribution is 9.10. The van der Waals surface area contributed by atoms with E-state index in [1.165, 1.54) is 0 Å². The second-order valence-electron chi connectivity index (χ2n) is 6.64. The van der Waals surface area contributed by atoms with Gasteiger partial charge in [0.25, 0.3) is 0 Å². The number of hydrogen-bond acceptors (Lipinski definition) is 4. The molecule has 0 radical (unpaired) electrons. The minimum absolute atomic E-state index is 0.0840. The summed E-state index contributed by atoms with van der Waals surface area (Å²) in [6, 6.07) is 3.93. The van der Waals surface area contributed by atoms with E-state index in [2.05, 4.69) is 26.2 Å². The molecule has 0 bridgehead atoms. The molecule has 24 heavy (non-hydrogen) atoms. The molecule has 1 aromatic heterocycles. The Morgan fingerprint density at radius 3 is 2.54 bits per heavy atom. The number of halogens is 1. The van der Waals surface area contributed by atoms with Crippen molar-refractivity contribution in [2.24, 2.45) is 0 Å². The fraction of sp³-hybridized carbons (Fsp3) is 0.667. The number of alkyl carbamates (subject to hydrolysis) is 1. The Morgan fingerprint density at radius 2 is 1.96 bits per heavy atom. The lowest BCUT2D eigenvalue weighted by Gasteiger charge is -2.21. The predicted molar refractivity (Wildman–Crippen MR) is 99.4 cm³/mol. The van der Waals surface area contributed by atoms with Gasteiger partial charge >= 0.3 is 6.09 Å². The van der Waals surface area contributed by atoms with Crippen molar-refractivity contribution in [2.75, 3.05) is 0 Å². The molecule has 1 aromatic rings. The number of nitrogens with zero attached hydrogens (tertiary/aromatic N) is 1. The maximum atomic E-state index is 11.8. The van der Waals surface area contributed by atoms with Crippen molar-refractivity contribution in [1.82, 2.24) is 10.3 Å². The van der Waals surface area contributed by atoms with Gasteiger partial charge in [0.15, 0.2) is 5.75 Å². The van der Waals surface area contributed by atoms with E-state index in [0.717, 1.165) is 35.3 Å². The number of amides is 1. The minimum Gasteiger partial charge on any atom is -0.488 e. The van der Waals surface area contributed by atoms with Gasteiger partial charge in [0.1, 0.15) is 16.3 Å². The standard InChI is InChI=1S/C16H23BrN2O3.C2H6/c1-10-5-8-13(14(17)18-10)21-12-7-6-11(9-12)19-15(20)22-16(2,3)4;1-2/h5,8,11-12H,6-7,9H2,1-4H3,(H,19,20);1-2H3. The van der Waals surface area contributed by atoms with Crippen molar-refractivity contribution in [1.29, 1.82) is 0 Å². The first kappa shape index (κ1) is 20.7. The van der Waals surface area contributed by atoms with Crippen LogP contribution in [0.15, 0.2) is 16.7 Å². The first-order chi connectivity index (χ1) is 11.2. The number of ether oxygens (including phenoxy) is 2. The molecular formula is C18H29BrN2O3. The van der Waals surface area contributed by atoms with Crippen LogP contribution in [-0.4, -0.2) is 28.8 Å². The maximum Gasteiger partial charge on any atom is 0.407 e. The molecule has 136 valence electrons. The quantitative estimate of drug-likeness (QED) is 0.724. The molecule has 1 heterocycles. The Morgan fingerprint density at radius 1 is 1.29 bits per heavy atom. The number of rotatable bonds is 3. The summed E-state index contributed by atoms with van der Waals surface area (Å²) < 4.78 is 12.0. The molecule has 1 saturated carbocycles. The summed E-state index contributed by atoms with van der Waals surface area (Å²) in [7, 11) is 0. The number of aryl methyl sites for hydroxylation is 1. The maximum absolute atomic E-state index is 11.8. The molecule has 2 rings (SSSR count). The highest BCUT2D eigenvalue weighted by atomic mass is 79.9. The van der Waals surface area contributed by atoms with E-state index < -0.39 is 5.60 Å². The topological polar surface area (TPSA) is 60.5 Å². The van der Waals surface area contributed by atoms with E-state index in [4.69, 9.17) is 9.47 Å². The summed E-state index contributed by atoms with van der Waals surface area (Å²) in [5.41, 5.74) is 0.465. The zero-order valence-electron chi connectivity index (χ0n) is 15.5. The highest BCUT2D eigenvalue weighted by Gasteiger charge is 2.29. The van der Waals surface area contributed by atoms with Gasteiger partial charge in [-0.05, 0) is 68.6 Å². The number of carbonyl (C=O) groups is 1. The summed E-state index contributed by atoms with van der Waals surface area (Å²) >= 11 is 3.42. The number of pyridine rings is 1. The minimum atomic E-state index is -0.475. The van der Waals surface area contributed by atoms with Crippen LogP contribution in [0.25, 0.3) is 0 Å². The zero-order valence-corrected chi connectivity index (χ0v) is 17.1. The van der Waals surface area contributed by atoms with Gasteiger partial charge in [-0.15, -0.1) is 0 Å². The van der Waals surface area contributed by atoms with Crippen LogP contribution in [0.1, 0.15) is 59.6 Å². The number of nitrogens with one attached hydrogen (secondary N) is 1. The van der Waals surface area contributed by atoms with Crippen LogP contribution in [-0.2, 0) is 4.74 Å². The first-order valence-corrected chi connectivity index (χ1v) is 9.31. The lowest BCUT2D eigenvalue weighted by molar-refractivity contribution is 0.0503. The van der Waals surface area contributed by atoms with Crippen molar-refractivity contribution in [3.05, 3.63) is 22.4 Å². The van der Waals surface area contributed by atoms with Crippen molar-refractivity contribution in [3.63, 3.8) is 0 Å². The van der Waals surface area contributed by atoms with Gasteiger partial charge < -0.3 is 14.8 Å². The Hall–Kier alpha value is -1.30. The molecule has 2 atom stereocenters. The van der Waals surface area contributed by atoms with E-state index in [9.17, 15) is 4.79 Å². The molecule has 0 aliphatic heterocycles. The van der Waals surface area contributed by atoms with E-state index in [1.54, 1.807) is 0 Å². The molecular weight excluding hydrogens is 372 g/mol. The third-order valence-electron chi connectivity index (χ3n) is 3.35. The van der Waals surface area contributed by atoms with Crippen LogP contribution in [0.3, 0.4) is 0 Å². The summed E-state index contributed by atoms with van der Waals surface area (Å²) in [6.45, 7) is 11.5. The Bertz CT molecular complexity index is 544. The Balaban J connectivity index is 0.00000139. The molecule has 1 fully saturated rings. The fourth-order valence-electron chi connectivity index (χ4n) is 2.43. The first-order valence-electron chi connectivity index (χ1n) is 8.52. The van der Waals surface area contributed by atoms with E-state index in [1.807, 2.05) is 53.7 Å². The molecule has 5 nitrogen and oxygen atoms in total. The summed E-state index contributed by atoms with van der Waals surface area (Å²) in [6.07, 6.45) is 2.29. The fourth-order valence-corrected chi connectivity index (χ4v) is 2.94. The highest BCUT2D eigenvalue weighted by Crippen LogP contribution is 2.29. The molecule has 1 amide bonds. The zero-order chi connectivity index (χ0) is 18.3. The second kappa shape index (κ2) is 9.25. The van der Waals surface area contributed by atoms with Gasteiger partial charge in [-0.1, -0.05) is 13.8 Å². The van der Waals surface area contributed by atoms with Gasteiger partial charge in [-0.2, -0.15) is 0 Å². The lowest BCUT2D eigenvalue weighted by Crippen LogP contribution is -2.38. The second-order valence-corrected chi connectivity index (χ2v) is 7.39. The van der Waals surface area contributed by atoms with Crippen LogP contribution in [0.5, 0.6) is 5.75 Å². The number of aromatic nitrogens is 1. The monoisotopic (exact) mass is 400 g/mol. The van der Waals surface area contributed by atoms with Crippen molar-refractivity contribution < 1.29 is 14.3 Å². The molecule has 2 unspecified atom stereocenters. The molecule has 0 saturated heterocycles. The molecule has 6 heteroatoms. The van der Waals surface area contributed by atoms with E-state index in [-0.39, 0.29) is 18.2 Å². The van der Waals surface area contributed by atoms with Crippen molar-refractivity contribution in [3.8, 4) is 5.75 Å². The van der Waals surface area contributed by atoms with Crippen molar-refractivity contribution >= 4 is 22.0 Å². The van der Waals surface area contributed by atoms with Crippen LogP contribution in [0.4, 0.5) is 4.79 Å².